The zero-order valence-corrected chi connectivity index (χ0v) is 22.7. The van der Waals surface area contributed by atoms with Crippen molar-refractivity contribution in [3.8, 4) is 17.3 Å². The molecular formula is C30H17Cl3FN3O3. The SMILES string of the molecule is O=c1c2ccccc2nc(-c2cc3cc(Cl)ccc3o2)n1N=Cc1cc(Cl)c(OCc2ccccc2F)c(Cl)c1. The summed E-state index contributed by atoms with van der Waals surface area (Å²) in [7, 11) is 0. The maximum atomic E-state index is 14.0. The smallest absolute Gasteiger partial charge is 0.282 e. The predicted octanol–water partition coefficient (Wildman–Crippen LogP) is 8.37. The summed E-state index contributed by atoms with van der Waals surface area (Å²) >= 11 is 19.0. The van der Waals surface area contributed by atoms with E-state index in [1.54, 1.807) is 78.9 Å². The molecule has 2 heterocycles. The molecule has 6 aromatic rings. The molecule has 0 aliphatic rings. The van der Waals surface area contributed by atoms with Crippen molar-refractivity contribution in [2.45, 2.75) is 6.61 Å². The van der Waals surface area contributed by atoms with Gasteiger partial charge in [-0.05, 0) is 60.2 Å². The zero-order chi connectivity index (χ0) is 27.8. The van der Waals surface area contributed by atoms with E-state index in [2.05, 4.69) is 10.1 Å². The molecule has 40 heavy (non-hydrogen) atoms. The molecule has 0 N–H and O–H groups in total. The van der Waals surface area contributed by atoms with Crippen molar-refractivity contribution in [1.29, 1.82) is 0 Å². The maximum absolute atomic E-state index is 14.0. The van der Waals surface area contributed by atoms with Gasteiger partial charge in [-0.1, -0.05) is 65.1 Å². The fourth-order valence-corrected chi connectivity index (χ4v) is 4.99. The van der Waals surface area contributed by atoms with Gasteiger partial charge < -0.3 is 9.15 Å². The van der Waals surface area contributed by atoms with Crippen molar-refractivity contribution < 1.29 is 13.5 Å². The highest BCUT2D eigenvalue weighted by Gasteiger charge is 2.17. The minimum Gasteiger partial charge on any atom is -0.486 e. The number of hydrogen-bond donors (Lipinski definition) is 0. The average Bonchev–Trinajstić information content (AvgIpc) is 3.36. The van der Waals surface area contributed by atoms with Crippen LogP contribution in [0.2, 0.25) is 15.1 Å². The predicted molar refractivity (Wildman–Crippen MR) is 156 cm³/mol. The third kappa shape index (κ3) is 5.07. The quantitative estimate of drug-likeness (QED) is 0.182. The van der Waals surface area contributed by atoms with Crippen LogP contribution in [0.3, 0.4) is 0 Å². The number of aromatic nitrogens is 2. The summed E-state index contributed by atoms with van der Waals surface area (Å²) in [5.41, 5.74) is 1.55. The van der Waals surface area contributed by atoms with Crippen molar-refractivity contribution >= 4 is 62.9 Å². The number of nitrogens with zero attached hydrogens (tertiary/aromatic N) is 3. The molecule has 0 atom stereocenters. The van der Waals surface area contributed by atoms with Crippen molar-refractivity contribution in [2.75, 3.05) is 0 Å². The maximum Gasteiger partial charge on any atom is 0.282 e. The summed E-state index contributed by atoms with van der Waals surface area (Å²) < 4.78 is 26.8. The van der Waals surface area contributed by atoms with Gasteiger partial charge in [-0.3, -0.25) is 4.79 Å². The molecule has 0 fully saturated rings. The topological polar surface area (TPSA) is 69.6 Å². The Balaban J connectivity index is 1.39. The Morgan fingerprint density at radius 2 is 1.70 bits per heavy atom. The van der Waals surface area contributed by atoms with E-state index in [-0.39, 0.29) is 28.2 Å². The van der Waals surface area contributed by atoms with Gasteiger partial charge in [0.05, 0.1) is 27.2 Å². The van der Waals surface area contributed by atoms with Crippen LogP contribution in [0.5, 0.6) is 5.75 Å². The summed E-state index contributed by atoms with van der Waals surface area (Å²) in [6.45, 7) is -0.0518. The van der Waals surface area contributed by atoms with Crippen molar-refractivity contribution in [2.24, 2.45) is 5.10 Å². The van der Waals surface area contributed by atoms with Gasteiger partial charge >= 0.3 is 0 Å². The van der Waals surface area contributed by atoms with Gasteiger partial charge in [-0.25, -0.2) is 9.37 Å². The Kier molecular flexibility index (Phi) is 7.02. The second-order valence-corrected chi connectivity index (χ2v) is 10.1. The number of para-hydroxylation sites is 1. The molecule has 6 nitrogen and oxygen atoms in total. The van der Waals surface area contributed by atoms with Crippen LogP contribution in [-0.4, -0.2) is 15.9 Å². The van der Waals surface area contributed by atoms with Crippen LogP contribution in [0, 0.1) is 5.82 Å². The normalized spacial score (nSPS) is 11.6. The summed E-state index contributed by atoms with van der Waals surface area (Å²) in [6.07, 6.45) is 1.43. The van der Waals surface area contributed by atoms with Gasteiger partial charge in [-0.15, -0.1) is 0 Å². The molecule has 0 unspecified atom stereocenters. The van der Waals surface area contributed by atoms with Crippen LogP contribution in [0.4, 0.5) is 4.39 Å². The van der Waals surface area contributed by atoms with E-state index in [0.29, 0.717) is 38.4 Å². The largest absolute Gasteiger partial charge is 0.486 e. The minimum atomic E-state index is -0.392. The highest BCUT2D eigenvalue weighted by molar-refractivity contribution is 6.37. The lowest BCUT2D eigenvalue weighted by atomic mass is 10.2. The Hall–Kier alpha value is -4.17. The first kappa shape index (κ1) is 26.1. The third-order valence-corrected chi connectivity index (χ3v) is 6.92. The number of rotatable bonds is 6. The lowest BCUT2D eigenvalue weighted by Crippen LogP contribution is -2.20. The summed E-state index contributed by atoms with van der Waals surface area (Å²) in [6, 6.07) is 23.4. The van der Waals surface area contributed by atoms with Crippen molar-refractivity contribution in [1.82, 2.24) is 9.66 Å². The molecule has 6 rings (SSSR count). The van der Waals surface area contributed by atoms with Crippen molar-refractivity contribution in [3.05, 3.63) is 127 Å². The molecule has 0 amide bonds. The van der Waals surface area contributed by atoms with E-state index in [9.17, 15) is 9.18 Å². The molecule has 2 aromatic heterocycles. The molecular weight excluding hydrogens is 576 g/mol. The minimum absolute atomic E-state index is 0.0518. The Morgan fingerprint density at radius 1 is 0.950 bits per heavy atom. The zero-order valence-electron chi connectivity index (χ0n) is 20.4. The fraction of sp³-hybridized carbons (Fsp3) is 0.0333. The highest BCUT2D eigenvalue weighted by atomic mass is 35.5. The van der Waals surface area contributed by atoms with Crippen LogP contribution < -0.4 is 10.3 Å². The van der Waals surface area contributed by atoms with E-state index >= 15 is 0 Å². The third-order valence-electron chi connectivity index (χ3n) is 6.13. The molecule has 0 aliphatic heterocycles. The van der Waals surface area contributed by atoms with Gasteiger partial charge in [0.15, 0.2) is 11.5 Å². The van der Waals surface area contributed by atoms with E-state index in [4.69, 9.17) is 44.0 Å². The Bertz CT molecular complexity index is 1980. The standard InChI is InChI=1S/C30H17Cl3FN3O3/c31-20-9-10-26-19(13-20)14-27(40-26)29-36-25-8-4-2-6-21(25)30(38)37(29)35-15-17-11-22(32)28(23(33)12-17)39-16-18-5-1-3-7-24(18)34/h1-15H,16H2. The second-order valence-electron chi connectivity index (χ2n) is 8.80. The molecule has 0 bridgehead atoms. The second kappa shape index (κ2) is 10.8. The van der Waals surface area contributed by atoms with Gasteiger partial charge in [0.1, 0.15) is 18.0 Å². The van der Waals surface area contributed by atoms with Gasteiger partial charge in [0, 0.05) is 16.0 Å². The Morgan fingerprint density at radius 3 is 2.50 bits per heavy atom. The average molecular weight is 593 g/mol. The Labute approximate surface area is 241 Å². The molecule has 0 spiro atoms. The van der Waals surface area contributed by atoms with E-state index in [0.717, 1.165) is 10.1 Å². The lowest BCUT2D eigenvalue weighted by Gasteiger charge is -2.11. The number of ether oxygens (including phenoxy) is 1. The highest BCUT2D eigenvalue weighted by Crippen LogP contribution is 2.35. The first-order chi connectivity index (χ1) is 19.4. The molecule has 4 aromatic carbocycles. The number of halogens is 4. The number of furan rings is 1. The summed E-state index contributed by atoms with van der Waals surface area (Å²) in [5, 5.41) is 6.52. The van der Waals surface area contributed by atoms with Gasteiger partial charge in [0.2, 0.25) is 5.82 Å². The first-order valence-corrected chi connectivity index (χ1v) is 13.1. The van der Waals surface area contributed by atoms with E-state index < -0.39 is 11.4 Å². The van der Waals surface area contributed by atoms with E-state index in [1.807, 2.05) is 0 Å². The summed E-state index contributed by atoms with van der Waals surface area (Å²) in [4.78, 5) is 18.2. The molecule has 0 saturated heterocycles. The molecule has 0 radical (unpaired) electrons. The first-order valence-electron chi connectivity index (χ1n) is 12.0. The van der Waals surface area contributed by atoms with Crippen LogP contribution in [0.25, 0.3) is 33.5 Å². The van der Waals surface area contributed by atoms with Crippen LogP contribution in [0.15, 0.2) is 99.2 Å². The van der Waals surface area contributed by atoms with Crippen LogP contribution in [-0.2, 0) is 6.61 Å². The van der Waals surface area contributed by atoms with Crippen LogP contribution >= 0.6 is 34.8 Å². The van der Waals surface area contributed by atoms with Crippen LogP contribution in [0.1, 0.15) is 11.1 Å². The van der Waals surface area contributed by atoms with Crippen molar-refractivity contribution in [3.63, 3.8) is 0 Å². The lowest BCUT2D eigenvalue weighted by molar-refractivity contribution is 0.300. The number of fused-ring (bicyclic) bond motifs is 2. The molecule has 198 valence electrons. The van der Waals surface area contributed by atoms with Gasteiger partial charge in [-0.2, -0.15) is 9.78 Å². The molecule has 0 aliphatic carbocycles. The summed E-state index contributed by atoms with van der Waals surface area (Å²) in [5.74, 6) is 0.353. The number of benzene rings is 4. The molecule has 0 saturated carbocycles. The van der Waals surface area contributed by atoms with E-state index in [1.165, 1.54) is 12.3 Å². The van der Waals surface area contributed by atoms with Gasteiger partial charge in [0.25, 0.3) is 5.56 Å². The fourth-order valence-electron chi connectivity index (χ4n) is 4.20. The monoisotopic (exact) mass is 591 g/mol. The number of hydrogen-bond acceptors (Lipinski definition) is 5. The molecule has 10 heteroatoms.